The van der Waals surface area contributed by atoms with Gasteiger partial charge >= 0.3 is 0 Å². The van der Waals surface area contributed by atoms with E-state index in [4.69, 9.17) is 9.72 Å². The lowest BCUT2D eigenvalue weighted by Gasteiger charge is -2.35. The maximum atomic E-state index is 13.7. The molecule has 3 aromatic heterocycles. The van der Waals surface area contributed by atoms with E-state index in [1.165, 1.54) is 4.88 Å². The SMILES string of the molecule is Cc1ccc(-c2cc(C(=O)N3CCN(C(=O)C4CCCO4)CC3)c3cnn(C(C)C)c3n2)s1. The molecule has 2 aliphatic heterocycles. The number of aromatic nitrogens is 3. The zero-order valence-electron chi connectivity index (χ0n) is 19.3. The van der Waals surface area contributed by atoms with Crippen molar-refractivity contribution >= 4 is 34.2 Å². The van der Waals surface area contributed by atoms with Crippen LogP contribution in [0, 0.1) is 6.92 Å². The highest BCUT2D eigenvalue weighted by Gasteiger charge is 2.32. The molecule has 1 atom stereocenters. The van der Waals surface area contributed by atoms with Crippen molar-refractivity contribution in [3.8, 4) is 10.6 Å². The van der Waals surface area contributed by atoms with E-state index in [0.29, 0.717) is 38.3 Å². The van der Waals surface area contributed by atoms with Gasteiger partial charge in [0.2, 0.25) is 0 Å². The van der Waals surface area contributed by atoms with Gasteiger partial charge in [-0.1, -0.05) is 0 Å². The van der Waals surface area contributed by atoms with Crippen LogP contribution in [0.25, 0.3) is 21.6 Å². The second-order valence-corrected chi connectivity index (χ2v) is 10.3. The van der Waals surface area contributed by atoms with E-state index in [-0.39, 0.29) is 24.0 Å². The second kappa shape index (κ2) is 8.87. The van der Waals surface area contributed by atoms with Crippen LogP contribution in [0.4, 0.5) is 0 Å². The third kappa shape index (κ3) is 4.15. The summed E-state index contributed by atoms with van der Waals surface area (Å²) in [4.78, 5) is 37.1. The van der Waals surface area contributed by atoms with Crippen LogP contribution >= 0.6 is 11.3 Å². The van der Waals surface area contributed by atoms with Crippen molar-refractivity contribution in [1.29, 1.82) is 0 Å². The van der Waals surface area contributed by atoms with Gasteiger partial charge in [-0.2, -0.15) is 5.10 Å². The zero-order valence-corrected chi connectivity index (χ0v) is 20.1. The molecule has 0 bridgehead atoms. The number of ether oxygens (including phenoxy) is 1. The van der Waals surface area contributed by atoms with Crippen molar-refractivity contribution < 1.29 is 14.3 Å². The molecular formula is C24H29N5O3S. The Morgan fingerprint density at radius 2 is 1.91 bits per heavy atom. The van der Waals surface area contributed by atoms with Crippen molar-refractivity contribution in [2.24, 2.45) is 0 Å². The number of rotatable bonds is 4. The molecule has 0 saturated carbocycles. The topological polar surface area (TPSA) is 80.6 Å². The molecule has 0 aromatic carbocycles. The molecule has 3 aromatic rings. The van der Waals surface area contributed by atoms with Gasteiger partial charge < -0.3 is 14.5 Å². The van der Waals surface area contributed by atoms with Crippen molar-refractivity contribution in [2.75, 3.05) is 32.8 Å². The molecule has 2 saturated heterocycles. The maximum Gasteiger partial charge on any atom is 0.254 e. The summed E-state index contributed by atoms with van der Waals surface area (Å²) in [6.45, 7) is 8.91. The molecule has 174 valence electrons. The van der Waals surface area contributed by atoms with Crippen LogP contribution in [0.3, 0.4) is 0 Å². The Hall–Kier alpha value is -2.78. The predicted octanol–water partition coefficient (Wildman–Crippen LogP) is 3.51. The number of hydrogen-bond donors (Lipinski definition) is 0. The summed E-state index contributed by atoms with van der Waals surface area (Å²) in [6, 6.07) is 6.14. The maximum absolute atomic E-state index is 13.7. The molecule has 0 N–H and O–H groups in total. The Labute approximate surface area is 197 Å². The normalized spacial score (nSPS) is 19.1. The van der Waals surface area contributed by atoms with Gasteiger partial charge in [0.25, 0.3) is 11.8 Å². The van der Waals surface area contributed by atoms with Crippen molar-refractivity contribution in [2.45, 2.75) is 45.8 Å². The van der Waals surface area contributed by atoms with Gasteiger partial charge in [-0.15, -0.1) is 11.3 Å². The van der Waals surface area contributed by atoms with Crippen LogP contribution in [0.1, 0.15) is 48.0 Å². The highest BCUT2D eigenvalue weighted by molar-refractivity contribution is 7.15. The Bertz CT molecular complexity index is 1190. The Morgan fingerprint density at radius 3 is 2.55 bits per heavy atom. The van der Waals surface area contributed by atoms with E-state index in [0.717, 1.165) is 34.4 Å². The van der Waals surface area contributed by atoms with E-state index in [2.05, 4.69) is 31.9 Å². The molecule has 1 unspecified atom stereocenters. The van der Waals surface area contributed by atoms with Crippen molar-refractivity contribution in [3.05, 3.63) is 34.8 Å². The summed E-state index contributed by atoms with van der Waals surface area (Å²) in [5.74, 6) is 0.0175. The molecule has 2 aliphatic rings. The molecule has 0 radical (unpaired) electrons. The number of nitrogens with zero attached hydrogens (tertiary/aromatic N) is 5. The number of hydrogen-bond acceptors (Lipinski definition) is 6. The Morgan fingerprint density at radius 1 is 1.15 bits per heavy atom. The molecule has 2 fully saturated rings. The second-order valence-electron chi connectivity index (χ2n) is 9.00. The minimum atomic E-state index is -0.314. The summed E-state index contributed by atoms with van der Waals surface area (Å²) in [7, 11) is 0. The number of fused-ring (bicyclic) bond motifs is 1. The van der Waals surface area contributed by atoms with Crippen LogP contribution in [0.5, 0.6) is 0 Å². The first kappa shape index (κ1) is 22.0. The fourth-order valence-corrected chi connectivity index (χ4v) is 5.38. The molecule has 5 rings (SSSR count). The zero-order chi connectivity index (χ0) is 23.1. The molecule has 33 heavy (non-hydrogen) atoms. The quantitative estimate of drug-likeness (QED) is 0.587. The molecule has 8 nitrogen and oxygen atoms in total. The van der Waals surface area contributed by atoms with E-state index in [9.17, 15) is 9.59 Å². The molecule has 0 spiro atoms. The standard InChI is InChI=1S/C24H29N5O3S/c1-15(2)29-22-18(14-25-29)17(13-19(26-22)21-7-6-16(3)33-21)23(30)27-8-10-28(11-9-27)24(31)20-5-4-12-32-20/h6-7,13-15,20H,4-5,8-12H2,1-3H3. The summed E-state index contributed by atoms with van der Waals surface area (Å²) in [6.07, 6.45) is 3.16. The lowest BCUT2D eigenvalue weighted by atomic mass is 10.1. The number of aryl methyl sites for hydroxylation is 1. The molecule has 9 heteroatoms. The number of carbonyl (C=O) groups excluding carboxylic acids is 2. The first-order chi connectivity index (χ1) is 15.9. The lowest BCUT2D eigenvalue weighted by Crippen LogP contribution is -2.52. The van der Waals surface area contributed by atoms with Crippen LogP contribution in [-0.2, 0) is 9.53 Å². The van der Waals surface area contributed by atoms with Gasteiger partial charge in [-0.3, -0.25) is 9.59 Å². The van der Waals surface area contributed by atoms with Crippen molar-refractivity contribution in [3.63, 3.8) is 0 Å². The number of thiophene rings is 1. The van der Waals surface area contributed by atoms with Crippen LogP contribution < -0.4 is 0 Å². The first-order valence-corrected chi connectivity index (χ1v) is 12.4. The summed E-state index contributed by atoms with van der Waals surface area (Å²) >= 11 is 1.66. The summed E-state index contributed by atoms with van der Waals surface area (Å²) < 4.78 is 7.42. The van der Waals surface area contributed by atoms with Gasteiger partial charge in [-0.05, 0) is 51.8 Å². The lowest BCUT2D eigenvalue weighted by molar-refractivity contribution is -0.142. The molecule has 0 aliphatic carbocycles. The largest absolute Gasteiger partial charge is 0.368 e. The number of amides is 2. The van der Waals surface area contributed by atoms with Crippen LogP contribution in [0.2, 0.25) is 0 Å². The highest BCUT2D eigenvalue weighted by atomic mass is 32.1. The van der Waals surface area contributed by atoms with E-state index >= 15 is 0 Å². The Kier molecular flexibility index (Phi) is 5.92. The predicted molar refractivity (Wildman–Crippen MR) is 127 cm³/mol. The summed E-state index contributed by atoms with van der Waals surface area (Å²) in [5, 5.41) is 5.29. The number of carbonyl (C=O) groups is 2. The highest BCUT2D eigenvalue weighted by Crippen LogP contribution is 2.31. The van der Waals surface area contributed by atoms with Gasteiger partial charge in [-0.25, -0.2) is 9.67 Å². The minimum absolute atomic E-state index is 0.0375. The molecule has 2 amide bonds. The van der Waals surface area contributed by atoms with Gasteiger partial charge in [0.15, 0.2) is 5.65 Å². The third-order valence-electron chi connectivity index (χ3n) is 6.36. The van der Waals surface area contributed by atoms with Crippen molar-refractivity contribution in [1.82, 2.24) is 24.6 Å². The smallest absolute Gasteiger partial charge is 0.254 e. The van der Waals surface area contributed by atoms with E-state index < -0.39 is 0 Å². The monoisotopic (exact) mass is 467 g/mol. The fraction of sp³-hybridized carbons (Fsp3) is 0.500. The number of pyridine rings is 1. The van der Waals surface area contributed by atoms with Gasteiger partial charge in [0.05, 0.1) is 27.7 Å². The first-order valence-electron chi connectivity index (χ1n) is 11.6. The van der Waals surface area contributed by atoms with Gasteiger partial charge in [0.1, 0.15) is 6.10 Å². The van der Waals surface area contributed by atoms with E-state index in [1.54, 1.807) is 17.5 Å². The number of piperazine rings is 1. The van der Waals surface area contributed by atoms with Crippen LogP contribution in [-0.4, -0.2) is 75.3 Å². The van der Waals surface area contributed by atoms with Crippen LogP contribution in [0.15, 0.2) is 24.4 Å². The average Bonchev–Trinajstić information content (AvgIpc) is 3.58. The van der Waals surface area contributed by atoms with E-state index in [1.807, 2.05) is 26.6 Å². The fourth-order valence-electron chi connectivity index (χ4n) is 4.55. The third-order valence-corrected chi connectivity index (χ3v) is 7.39. The Balaban J connectivity index is 1.43. The summed E-state index contributed by atoms with van der Waals surface area (Å²) in [5.41, 5.74) is 2.13. The molecular weight excluding hydrogens is 438 g/mol. The average molecular weight is 468 g/mol. The molecule has 5 heterocycles. The van der Waals surface area contributed by atoms with Gasteiger partial charge in [0, 0.05) is 43.7 Å². The minimum Gasteiger partial charge on any atom is -0.368 e.